The Morgan fingerprint density at radius 1 is 1.22 bits per heavy atom. The van der Waals surface area contributed by atoms with Crippen LogP contribution in [0.25, 0.3) is 0 Å². The summed E-state index contributed by atoms with van der Waals surface area (Å²) in [5.74, 6) is 0.774. The third-order valence-electron chi connectivity index (χ3n) is 5.74. The minimum Gasteiger partial charge on any atom is -0.352 e. The summed E-state index contributed by atoms with van der Waals surface area (Å²) in [7, 11) is 0. The average Bonchev–Trinajstić information content (AvgIpc) is 3.10. The van der Waals surface area contributed by atoms with E-state index in [0.29, 0.717) is 36.1 Å². The minimum atomic E-state index is -0.298. The highest BCUT2D eigenvalue weighted by atomic mass is 35.5. The van der Waals surface area contributed by atoms with Crippen LogP contribution in [0.3, 0.4) is 0 Å². The molecule has 0 radical (unpaired) electrons. The van der Waals surface area contributed by atoms with E-state index in [4.69, 9.17) is 11.6 Å². The Kier molecular flexibility index (Phi) is 5.30. The molecule has 2 aliphatic heterocycles. The average molecular weight is 388 g/mol. The number of fused-ring (bicyclic) bond motifs is 1. The molecule has 1 amide bonds. The zero-order valence-corrected chi connectivity index (χ0v) is 15.9. The molecule has 0 spiro atoms. The number of hydrogen-bond acceptors (Lipinski definition) is 3. The summed E-state index contributed by atoms with van der Waals surface area (Å²) in [4.78, 5) is 21.0. The number of benzene rings is 1. The van der Waals surface area contributed by atoms with Gasteiger partial charge in [-0.2, -0.15) is 0 Å². The minimum absolute atomic E-state index is 0.145. The van der Waals surface area contributed by atoms with Crippen molar-refractivity contribution in [3.8, 4) is 0 Å². The van der Waals surface area contributed by atoms with Gasteiger partial charge in [0.2, 0.25) is 5.91 Å². The lowest BCUT2D eigenvalue weighted by atomic mass is 9.92. The van der Waals surface area contributed by atoms with Gasteiger partial charge in [0.15, 0.2) is 11.6 Å². The highest BCUT2D eigenvalue weighted by molar-refractivity contribution is 6.30. The summed E-state index contributed by atoms with van der Waals surface area (Å²) in [6.07, 6.45) is 4.78. The van der Waals surface area contributed by atoms with Crippen LogP contribution in [0.4, 0.5) is 10.2 Å². The van der Waals surface area contributed by atoms with E-state index in [1.165, 1.54) is 6.07 Å². The summed E-state index contributed by atoms with van der Waals surface area (Å²) in [5, 5.41) is 0.696. The lowest BCUT2D eigenvalue weighted by Crippen LogP contribution is -2.50. The molecule has 4 rings (SSSR count). The fourth-order valence-electron chi connectivity index (χ4n) is 4.34. The molecular weight excluding hydrogens is 365 g/mol. The Morgan fingerprint density at radius 3 is 2.89 bits per heavy atom. The van der Waals surface area contributed by atoms with Crippen molar-refractivity contribution in [2.75, 3.05) is 24.5 Å². The van der Waals surface area contributed by atoms with Gasteiger partial charge in [0.05, 0.1) is 6.04 Å². The van der Waals surface area contributed by atoms with Crippen molar-refractivity contribution in [1.29, 1.82) is 0 Å². The van der Waals surface area contributed by atoms with Crippen LogP contribution in [-0.2, 0) is 11.2 Å². The molecule has 0 bridgehead atoms. The number of hydrogen-bond donors (Lipinski definition) is 0. The molecular formula is C21H23ClFN3O. The number of carbonyl (C=O) groups excluding carboxylic acids is 1. The number of anilines is 1. The summed E-state index contributed by atoms with van der Waals surface area (Å²) in [6, 6.07) is 10.8. The predicted molar refractivity (Wildman–Crippen MR) is 104 cm³/mol. The van der Waals surface area contributed by atoms with Crippen molar-refractivity contribution in [3.05, 3.63) is 59.0 Å². The van der Waals surface area contributed by atoms with Crippen LogP contribution in [-0.4, -0.2) is 41.5 Å². The Hall–Kier alpha value is -2.14. The molecule has 3 heterocycles. The van der Waals surface area contributed by atoms with Gasteiger partial charge < -0.3 is 9.80 Å². The first-order valence-corrected chi connectivity index (χ1v) is 9.89. The molecule has 2 fully saturated rings. The van der Waals surface area contributed by atoms with Crippen LogP contribution in [0.15, 0.2) is 42.6 Å². The van der Waals surface area contributed by atoms with E-state index in [-0.39, 0.29) is 17.8 Å². The molecule has 2 saturated heterocycles. The monoisotopic (exact) mass is 387 g/mol. The van der Waals surface area contributed by atoms with Crippen molar-refractivity contribution in [3.63, 3.8) is 0 Å². The Labute approximate surface area is 163 Å². The van der Waals surface area contributed by atoms with E-state index >= 15 is 0 Å². The van der Waals surface area contributed by atoms with Gasteiger partial charge in [-0.15, -0.1) is 0 Å². The maximum absolute atomic E-state index is 14.1. The van der Waals surface area contributed by atoms with Crippen molar-refractivity contribution >= 4 is 23.3 Å². The van der Waals surface area contributed by atoms with Gasteiger partial charge in [0, 0.05) is 37.3 Å². The van der Waals surface area contributed by atoms with E-state index in [1.54, 1.807) is 12.3 Å². The number of likely N-dealkylation sites (tertiary alicyclic amines) is 1. The normalized spacial score (nSPS) is 22.0. The smallest absolute Gasteiger partial charge is 0.223 e. The molecule has 2 atom stereocenters. The molecule has 142 valence electrons. The highest BCUT2D eigenvalue weighted by Crippen LogP contribution is 2.34. The quantitative estimate of drug-likeness (QED) is 0.797. The first-order valence-electron chi connectivity index (χ1n) is 9.51. The van der Waals surface area contributed by atoms with E-state index in [0.717, 1.165) is 31.5 Å². The van der Waals surface area contributed by atoms with Crippen LogP contribution >= 0.6 is 11.6 Å². The number of piperidine rings is 1. The SMILES string of the molecule is O=C(CCc1cccc(Cl)c1)N1CCC2CCN(c3ncccc3F)CC21. The van der Waals surface area contributed by atoms with E-state index in [1.807, 2.05) is 34.1 Å². The van der Waals surface area contributed by atoms with Crippen LogP contribution in [0.1, 0.15) is 24.8 Å². The summed E-state index contributed by atoms with van der Waals surface area (Å²) >= 11 is 6.03. The molecule has 6 heteroatoms. The Balaban J connectivity index is 1.41. The summed E-state index contributed by atoms with van der Waals surface area (Å²) < 4.78 is 14.1. The van der Waals surface area contributed by atoms with Crippen LogP contribution in [0.5, 0.6) is 0 Å². The number of aryl methyl sites for hydroxylation is 1. The van der Waals surface area contributed by atoms with Crippen LogP contribution in [0.2, 0.25) is 5.02 Å². The standard InChI is InChI=1S/C21H23ClFN3O/c22-17-4-1-3-15(13-17)6-7-20(27)26-12-9-16-8-11-25(14-19(16)26)21-18(23)5-2-10-24-21/h1-5,10,13,16,19H,6-9,11-12,14H2. The molecule has 0 aliphatic carbocycles. The van der Waals surface area contributed by atoms with Gasteiger partial charge in [-0.3, -0.25) is 4.79 Å². The van der Waals surface area contributed by atoms with E-state index in [2.05, 4.69) is 4.98 Å². The maximum atomic E-state index is 14.1. The lowest BCUT2D eigenvalue weighted by Gasteiger charge is -2.39. The van der Waals surface area contributed by atoms with Gasteiger partial charge in [0.25, 0.3) is 0 Å². The fourth-order valence-corrected chi connectivity index (χ4v) is 4.55. The van der Waals surface area contributed by atoms with Gasteiger partial charge in [-0.05, 0) is 55.0 Å². The molecule has 2 unspecified atom stereocenters. The van der Waals surface area contributed by atoms with E-state index in [9.17, 15) is 9.18 Å². The third kappa shape index (κ3) is 3.93. The number of halogens is 2. The molecule has 1 aromatic carbocycles. The van der Waals surface area contributed by atoms with Gasteiger partial charge >= 0.3 is 0 Å². The highest BCUT2D eigenvalue weighted by Gasteiger charge is 2.40. The molecule has 1 aromatic heterocycles. The van der Waals surface area contributed by atoms with Crippen molar-refractivity contribution in [2.24, 2.45) is 5.92 Å². The number of rotatable bonds is 4. The number of nitrogens with zero attached hydrogens (tertiary/aromatic N) is 3. The lowest BCUT2D eigenvalue weighted by molar-refractivity contribution is -0.132. The first-order chi connectivity index (χ1) is 13.1. The van der Waals surface area contributed by atoms with Crippen molar-refractivity contribution in [2.45, 2.75) is 31.7 Å². The van der Waals surface area contributed by atoms with Crippen molar-refractivity contribution < 1.29 is 9.18 Å². The largest absolute Gasteiger partial charge is 0.352 e. The van der Waals surface area contributed by atoms with Gasteiger partial charge in [-0.25, -0.2) is 9.37 Å². The molecule has 27 heavy (non-hydrogen) atoms. The summed E-state index contributed by atoms with van der Waals surface area (Å²) in [6.45, 7) is 2.24. The third-order valence-corrected chi connectivity index (χ3v) is 5.97. The number of pyridine rings is 1. The Bertz CT molecular complexity index is 831. The Morgan fingerprint density at radius 2 is 2.07 bits per heavy atom. The van der Waals surface area contributed by atoms with Gasteiger partial charge in [-0.1, -0.05) is 23.7 Å². The topological polar surface area (TPSA) is 36.4 Å². The molecule has 4 nitrogen and oxygen atoms in total. The molecule has 2 aromatic rings. The zero-order chi connectivity index (χ0) is 18.8. The predicted octanol–water partition coefficient (Wildman–Crippen LogP) is 3.93. The molecule has 0 N–H and O–H groups in total. The second kappa shape index (κ2) is 7.85. The number of aromatic nitrogens is 1. The van der Waals surface area contributed by atoms with Crippen molar-refractivity contribution in [1.82, 2.24) is 9.88 Å². The van der Waals surface area contributed by atoms with Crippen LogP contribution in [0, 0.1) is 11.7 Å². The maximum Gasteiger partial charge on any atom is 0.223 e. The number of carbonyl (C=O) groups is 1. The molecule has 2 aliphatic rings. The number of amides is 1. The zero-order valence-electron chi connectivity index (χ0n) is 15.2. The fraction of sp³-hybridized carbons (Fsp3) is 0.429. The first kappa shape index (κ1) is 18.2. The second-order valence-corrected chi connectivity index (χ2v) is 7.81. The summed E-state index contributed by atoms with van der Waals surface area (Å²) in [5.41, 5.74) is 1.08. The van der Waals surface area contributed by atoms with E-state index < -0.39 is 0 Å². The second-order valence-electron chi connectivity index (χ2n) is 7.38. The molecule has 0 saturated carbocycles. The van der Waals surface area contributed by atoms with Gasteiger partial charge in [0.1, 0.15) is 0 Å². The van der Waals surface area contributed by atoms with Crippen LogP contribution < -0.4 is 4.90 Å².